The molecule has 0 bridgehead atoms. The number of fused-ring (bicyclic) bond motifs is 1. The summed E-state index contributed by atoms with van der Waals surface area (Å²) >= 11 is 1.26. The van der Waals surface area contributed by atoms with E-state index in [9.17, 15) is 22.0 Å². The number of rotatable bonds is 9. The van der Waals surface area contributed by atoms with Crippen LogP contribution in [0.3, 0.4) is 0 Å². The third-order valence-corrected chi connectivity index (χ3v) is 8.99. The summed E-state index contributed by atoms with van der Waals surface area (Å²) in [5.41, 5.74) is 0.568. The summed E-state index contributed by atoms with van der Waals surface area (Å²) in [7, 11) is -2.42. The number of sulfonamides is 1. The molecule has 0 unspecified atom stereocenters. The van der Waals surface area contributed by atoms with Crippen LogP contribution < -0.4 is 19.7 Å². The molecule has 0 radical (unpaired) electrons. The second-order valence-corrected chi connectivity index (χ2v) is 11.8. The van der Waals surface area contributed by atoms with Crippen molar-refractivity contribution in [2.24, 2.45) is 0 Å². The molecule has 14 heteroatoms. The predicted octanol–water partition coefficient (Wildman–Crippen LogP) is 4.36. The maximum absolute atomic E-state index is 14.0. The standard InChI is InChI=1S/C27H27F2N5O4S2.ClH/c1-38-19-6-8-20(9-7-19)40(36,37)32-23-5-3-2-4-21(23)26(35)30-10-11-33-12-14-34(15-13-33)27-31-25-22(29)16-18(28)17-24(25)39-27;/h2-9,16-17,32H,10-15H2,1H3,(H,30,35);1H. The van der Waals surface area contributed by atoms with Crippen molar-refractivity contribution < 1.29 is 26.7 Å². The number of nitrogens with one attached hydrogen (secondary N) is 2. The number of nitrogens with zero attached hydrogens (tertiary/aromatic N) is 3. The Bertz CT molecular complexity index is 1630. The van der Waals surface area contributed by atoms with Crippen LogP contribution in [0.2, 0.25) is 0 Å². The van der Waals surface area contributed by atoms with Crippen LogP contribution in [0.4, 0.5) is 19.6 Å². The van der Waals surface area contributed by atoms with Crippen molar-refractivity contribution in [1.82, 2.24) is 15.2 Å². The molecule has 0 saturated carbocycles. The van der Waals surface area contributed by atoms with Gasteiger partial charge in [0.2, 0.25) is 0 Å². The molecular formula is C27H28ClF2N5O4S2. The lowest BCUT2D eigenvalue weighted by Gasteiger charge is -2.34. The Hall–Kier alpha value is -3.52. The van der Waals surface area contributed by atoms with Crippen LogP contribution in [-0.2, 0) is 10.0 Å². The molecular weight excluding hydrogens is 596 g/mol. The quantitative estimate of drug-likeness (QED) is 0.286. The van der Waals surface area contributed by atoms with Crippen molar-refractivity contribution in [3.05, 3.63) is 77.9 Å². The van der Waals surface area contributed by atoms with Gasteiger partial charge in [-0.05, 0) is 42.5 Å². The van der Waals surface area contributed by atoms with Gasteiger partial charge in [-0.2, -0.15) is 0 Å². The summed E-state index contributed by atoms with van der Waals surface area (Å²) < 4.78 is 61.4. The number of ether oxygens (including phenoxy) is 1. The summed E-state index contributed by atoms with van der Waals surface area (Å²) in [4.78, 5) is 21.6. The second-order valence-electron chi connectivity index (χ2n) is 9.14. The van der Waals surface area contributed by atoms with E-state index in [-0.39, 0.29) is 34.1 Å². The van der Waals surface area contributed by atoms with Gasteiger partial charge in [0, 0.05) is 45.3 Å². The molecule has 1 saturated heterocycles. The Morgan fingerprint density at radius 3 is 2.46 bits per heavy atom. The molecule has 0 aliphatic carbocycles. The number of carbonyl (C=O) groups is 1. The van der Waals surface area contributed by atoms with Gasteiger partial charge < -0.3 is 15.0 Å². The predicted molar refractivity (Wildman–Crippen MR) is 158 cm³/mol. The van der Waals surface area contributed by atoms with Gasteiger partial charge in [0.1, 0.15) is 17.1 Å². The molecule has 4 aromatic rings. The van der Waals surface area contributed by atoms with Crippen LogP contribution in [0.5, 0.6) is 5.75 Å². The number of halogens is 3. The SMILES string of the molecule is COc1ccc(S(=O)(=O)Nc2ccccc2C(=O)NCCN2CCN(c3nc4c(F)cc(F)cc4s3)CC2)cc1.Cl. The first kappa shape index (κ1) is 30.4. The molecule has 3 aromatic carbocycles. The van der Waals surface area contributed by atoms with Gasteiger partial charge in [-0.3, -0.25) is 14.4 Å². The first-order chi connectivity index (χ1) is 19.2. The van der Waals surface area contributed by atoms with Crippen molar-refractivity contribution >= 4 is 60.7 Å². The molecule has 218 valence electrons. The van der Waals surface area contributed by atoms with E-state index in [0.29, 0.717) is 54.8 Å². The molecule has 0 atom stereocenters. The fourth-order valence-electron chi connectivity index (χ4n) is 4.39. The molecule has 1 fully saturated rings. The van der Waals surface area contributed by atoms with Gasteiger partial charge in [0.25, 0.3) is 15.9 Å². The van der Waals surface area contributed by atoms with Crippen LogP contribution in [0, 0.1) is 11.6 Å². The number of hydrogen-bond donors (Lipinski definition) is 2. The molecule has 9 nitrogen and oxygen atoms in total. The smallest absolute Gasteiger partial charge is 0.261 e. The minimum atomic E-state index is -3.92. The van der Waals surface area contributed by atoms with Crippen LogP contribution in [-0.4, -0.2) is 70.6 Å². The second kappa shape index (κ2) is 13.0. The fraction of sp³-hybridized carbons (Fsp3) is 0.259. The van der Waals surface area contributed by atoms with Crippen molar-refractivity contribution in [2.75, 3.05) is 56.0 Å². The number of hydrogen-bond acceptors (Lipinski definition) is 8. The molecule has 5 rings (SSSR count). The fourth-order valence-corrected chi connectivity index (χ4v) is 6.53. The first-order valence-corrected chi connectivity index (χ1v) is 14.8. The van der Waals surface area contributed by atoms with Gasteiger partial charge >= 0.3 is 0 Å². The Balaban J connectivity index is 0.00000387. The Labute approximate surface area is 246 Å². The van der Waals surface area contributed by atoms with Crippen molar-refractivity contribution in [1.29, 1.82) is 0 Å². The number of para-hydroxylation sites is 1. The highest BCUT2D eigenvalue weighted by Gasteiger charge is 2.22. The van der Waals surface area contributed by atoms with E-state index < -0.39 is 27.6 Å². The van der Waals surface area contributed by atoms with Gasteiger partial charge in [-0.15, -0.1) is 12.4 Å². The largest absolute Gasteiger partial charge is 0.497 e. The normalized spacial score (nSPS) is 14.0. The summed E-state index contributed by atoms with van der Waals surface area (Å²) in [5, 5.41) is 3.52. The first-order valence-electron chi connectivity index (χ1n) is 12.5. The van der Waals surface area contributed by atoms with E-state index in [2.05, 4.69) is 19.9 Å². The molecule has 1 aromatic heterocycles. The average molecular weight is 624 g/mol. The lowest BCUT2D eigenvalue weighted by Crippen LogP contribution is -2.48. The third kappa shape index (κ3) is 7.04. The van der Waals surface area contributed by atoms with E-state index in [1.165, 1.54) is 42.7 Å². The van der Waals surface area contributed by atoms with Gasteiger partial charge in [-0.1, -0.05) is 23.5 Å². The lowest BCUT2D eigenvalue weighted by molar-refractivity contribution is 0.0948. The minimum absolute atomic E-state index is 0. The highest BCUT2D eigenvalue weighted by atomic mass is 35.5. The van der Waals surface area contributed by atoms with E-state index >= 15 is 0 Å². The average Bonchev–Trinajstić information content (AvgIpc) is 3.38. The Morgan fingerprint density at radius 2 is 1.76 bits per heavy atom. The zero-order valence-electron chi connectivity index (χ0n) is 22.0. The minimum Gasteiger partial charge on any atom is -0.497 e. The number of aromatic nitrogens is 1. The number of amides is 1. The van der Waals surface area contributed by atoms with E-state index in [1.54, 1.807) is 30.3 Å². The van der Waals surface area contributed by atoms with Gasteiger partial charge in [0.05, 0.1) is 28.0 Å². The summed E-state index contributed by atoms with van der Waals surface area (Å²) in [6.07, 6.45) is 0. The van der Waals surface area contributed by atoms with Crippen LogP contribution in [0.15, 0.2) is 65.6 Å². The molecule has 1 amide bonds. The number of carbonyl (C=O) groups excluding carboxylic acids is 1. The maximum atomic E-state index is 14.0. The Morgan fingerprint density at radius 1 is 1.05 bits per heavy atom. The highest BCUT2D eigenvalue weighted by Crippen LogP contribution is 2.31. The zero-order chi connectivity index (χ0) is 28.3. The molecule has 2 heterocycles. The van der Waals surface area contributed by atoms with Crippen molar-refractivity contribution in [3.8, 4) is 5.75 Å². The van der Waals surface area contributed by atoms with Crippen molar-refractivity contribution in [3.63, 3.8) is 0 Å². The molecule has 1 aliphatic heterocycles. The topological polar surface area (TPSA) is 104 Å². The van der Waals surface area contributed by atoms with Crippen LogP contribution in [0.1, 0.15) is 10.4 Å². The zero-order valence-corrected chi connectivity index (χ0v) is 24.4. The monoisotopic (exact) mass is 623 g/mol. The number of piperazine rings is 1. The maximum Gasteiger partial charge on any atom is 0.261 e. The molecule has 0 spiro atoms. The van der Waals surface area contributed by atoms with Gasteiger partial charge in [-0.25, -0.2) is 22.2 Å². The van der Waals surface area contributed by atoms with Crippen molar-refractivity contribution in [2.45, 2.75) is 4.90 Å². The lowest BCUT2D eigenvalue weighted by atomic mass is 10.1. The number of benzene rings is 3. The molecule has 2 N–H and O–H groups in total. The number of methoxy groups -OCH3 is 1. The van der Waals surface area contributed by atoms with E-state index in [4.69, 9.17) is 4.74 Å². The summed E-state index contributed by atoms with van der Waals surface area (Å²) in [5.74, 6) is -1.15. The number of anilines is 2. The Kier molecular flexibility index (Phi) is 9.64. The summed E-state index contributed by atoms with van der Waals surface area (Å²) in [6, 6.07) is 14.5. The van der Waals surface area contributed by atoms with E-state index in [1.807, 2.05) is 4.90 Å². The number of thiazole rings is 1. The van der Waals surface area contributed by atoms with Crippen LogP contribution in [0.25, 0.3) is 10.2 Å². The third-order valence-electron chi connectivity index (χ3n) is 6.54. The van der Waals surface area contributed by atoms with E-state index in [0.717, 1.165) is 6.07 Å². The highest BCUT2D eigenvalue weighted by molar-refractivity contribution is 7.92. The van der Waals surface area contributed by atoms with Crippen LogP contribution >= 0.6 is 23.7 Å². The van der Waals surface area contributed by atoms with Gasteiger partial charge in [0.15, 0.2) is 10.9 Å². The summed E-state index contributed by atoms with van der Waals surface area (Å²) in [6.45, 7) is 3.70. The molecule has 41 heavy (non-hydrogen) atoms. The molecule has 1 aliphatic rings.